The maximum Gasteiger partial charge on any atom is 0.410 e. The third-order valence-corrected chi connectivity index (χ3v) is 6.29. The molecule has 1 fully saturated rings. The molecule has 0 aliphatic carbocycles. The lowest BCUT2D eigenvalue weighted by Crippen LogP contribution is -2.22. The number of hydrogen-bond donors (Lipinski definition) is 1. The summed E-state index contributed by atoms with van der Waals surface area (Å²) in [5.74, 6) is -0.212. The van der Waals surface area contributed by atoms with Gasteiger partial charge in [-0.3, -0.25) is 4.79 Å². The quantitative estimate of drug-likeness (QED) is 0.294. The second-order valence-electron chi connectivity index (χ2n) is 8.69. The molecule has 1 saturated heterocycles. The molecule has 1 amide bonds. The van der Waals surface area contributed by atoms with Gasteiger partial charge in [-0.05, 0) is 64.6 Å². The molecule has 2 heterocycles. The van der Waals surface area contributed by atoms with Crippen LogP contribution in [0.3, 0.4) is 0 Å². The van der Waals surface area contributed by atoms with E-state index in [1.165, 1.54) is 20.0 Å². The number of methoxy groups -OCH3 is 1. The lowest BCUT2D eigenvalue weighted by atomic mass is 9.94. The van der Waals surface area contributed by atoms with Gasteiger partial charge in [-0.1, -0.05) is 11.6 Å². The molecule has 2 N–H and O–H groups in total. The van der Waals surface area contributed by atoms with Crippen molar-refractivity contribution in [3.8, 4) is 11.5 Å². The van der Waals surface area contributed by atoms with Crippen molar-refractivity contribution in [3.63, 3.8) is 0 Å². The fourth-order valence-electron chi connectivity index (χ4n) is 4.45. The molecule has 186 valence electrons. The fraction of sp³-hybridized carbons (Fsp3) is 0.560. The van der Waals surface area contributed by atoms with Gasteiger partial charge in [-0.15, -0.1) is 0 Å². The van der Waals surface area contributed by atoms with Crippen LogP contribution in [-0.2, 0) is 27.3 Å². The molecule has 0 atom stereocenters. The minimum atomic E-state index is -1.03. The molecule has 0 unspecified atom stereocenters. The summed E-state index contributed by atoms with van der Waals surface area (Å²) >= 11 is 0. The SMILES string of the molecule is COc1c(C)c2c(c(OC(N)=O)c1C/C=C(\C)CCC(=O)OCCCN1CCCC1)C(=O)OC2. The van der Waals surface area contributed by atoms with Crippen molar-refractivity contribution in [2.45, 2.75) is 59.0 Å². The molecule has 3 rings (SSSR count). The molecule has 0 radical (unpaired) electrons. The smallest absolute Gasteiger partial charge is 0.410 e. The van der Waals surface area contributed by atoms with E-state index in [-0.39, 0.29) is 30.3 Å². The van der Waals surface area contributed by atoms with E-state index >= 15 is 0 Å². The first-order chi connectivity index (χ1) is 16.3. The third kappa shape index (κ3) is 6.28. The minimum absolute atomic E-state index is 0.0638. The highest BCUT2D eigenvalue weighted by molar-refractivity contribution is 5.99. The third-order valence-electron chi connectivity index (χ3n) is 6.29. The summed E-state index contributed by atoms with van der Waals surface area (Å²) in [7, 11) is 1.51. The van der Waals surface area contributed by atoms with E-state index in [2.05, 4.69) is 4.90 Å². The van der Waals surface area contributed by atoms with Gasteiger partial charge in [-0.2, -0.15) is 0 Å². The highest BCUT2D eigenvalue weighted by Gasteiger charge is 2.33. The van der Waals surface area contributed by atoms with Gasteiger partial charge in [0.25, 0.3) is 0 Å². The largest absolute Gasteiger partial charge is 0.496 e. The molecule has 2 aliphatic rings. The number of carbonyl (C=O) groups is 3. The average Bonchev–Trinajstić information content (AvgIpc) is 3.45. The molecule has 0 spiro atoms. The van der Waals surface area contributed by atoms with Crippen LogP contribution < -0.4 is 15.2 Å². The summed E-state index contributed by atoms with van der Waals surface area (Å²) in [6.45, 7) is 7.51. The molecule has 0 saturated carbocycles. The molecule has 0 bridgehead atoms. The fourth-order valence-corrected chi connectivity index (χ4v) is 4.45. The van der Waals surface area contributed by atoms with Crippen molar-refractivity contribution in [3.05, 3.63) is 33.9 Å². The van der Waals surface area contributed by atoms with Gasteiger partial charge < -0.3 is 29.6 Å². The van der Waals surface area contributed by atoms with Crippen molar-refractivity contribution in [2.75, 3.05) is 33.4 Å². The topological polar surface area (TPSA) is 117 Å². The summed E-state index contributed by atoms with van der Waals surface area (Å²) in [5.41, 5.74) is 8.32. The normalized spacial score (nSPS) is 15.7. The van der Waals surface area contributed by atoms with Gasteiger partial charge in [0.2, 0.25) is 0 Å². The van der Waals surface area contributed by atoms with Crippen LogP contribution in [-0.4, -0.2) is 56.3 Å². The summed E-state index contributed by atoms with van der Waals surface area (Å²) in [6.07, 6.45) is 5.38. The summed E-state index contributed by atoms with van der Waals surface area (Å²) < 4.78 is 21.3. The van der Waals surface area contributed by atoms with E-state index in [9.17, 15) is 14.4 Å². The Balaban J connectivity index is 1.61. The zero-order valence-electron chi connectivity index (χ0n) is 20.2. The van der Waals surface area contributed by atoms with Crippen molar-refractivity contribution in [1.29, 1.82) is 0 Å². The Bertz CT molecular complexity index is 965. The number of cyclic esters (lactones) is 1. The molecule has 9 heteroatoms. The summed E-state index contributed by atoms with van der Waals surface area (Å²) in [6, 6.07) is 0. The van der Waals surface area contributed by atoms with E-state index in [4.69, 9.17) is 24.7 Å². The Labute approximate surface area is 200 Å². The van der Waals surface area contributed by atoms with E-state index in [0.29, 0.717) is 36.3 Å². The van der Waals surface area contributed by atoms with Gasteiger partial charge in [0, 0.05) is 24.1 Å². The number of esters is 2. The Morgan fingerprint density at radius 1 is 1.18 bits per heavy atom. The standard InChI is InChI=1S/C25H34N2O7/c1-16(8-10-20(28)32-14-6-13-27-11-4-5-12-27)7-9-18-22(31-3)17(2)19-15-33-24(29)21(19)23(18)34-25(26)30/h7H,4-6,8-15H2,1-3H3,(H2,26,30)/b16-7+. The number of fused-ring (bicyclic) bond motifs is 1. The Morgan fingerprint density at radius 2 is 1.91 bits per heavy atom. The predicted octanol–water partition coefficient (Wildman–Crippen LogP) is 3.43. The van der Waals surface area contributed by atoms with Gasteiger partial charge >= 0.3 is 18.0 Å². The lowest BCUT2D eigenvalue weighted by Gasteiger charge is -2.18. The molecular weight excluding hydrogens is 440 g/mol. The van der Waals surface area contributed by atoms with Crippen molar-refractivity contribution in [1.82, 2.24) is 4.90 Å². The Hall–Kier alpha value is -3.07. The number of nitrogens with two attached hydrogens (primary N) is 1. The summed E-state index contributed by atoms with van der Waals surface area (Å²) in [4.78, 5) is 38.3. The van der Waals surface area contributed by atoms with Crippen LogP contribution in [0.15, 0.2) is 11.6 Å². The maximum absolute atomic E-state index is 12.3. The van der Waals surface area contributed by atoms with Gasteiger partial charge in [-0.25, -0.2) is 9.59 Å². The average molecular weight is 475 g/mol. The van der Waals surface area contributed by atoms with Crippen LogP contribution >= 0.6 is 0 Å². The molecule has 9 nitrogen and oxygen atoms in total. The van der Waals surface area contributed by atoms with Gasteiger partial charge in [0.05, 0.1) is 13.7 Å². The number of amides is 1. The van der Waals surface area contributed by atoms with Gasteiger partial charge in [0.1, 0.15) is 17.9 Å². The number of hydrogen-bond acceptors (Lipinski definition) is 8. The zero-order chi connectivity index (χ0) is 24.7. The highest BCUT2D eigenvalue weighted by Crippen LogP contribution is 2.42. The Kier molecular flexibility index (Phi) is 8.92. The van der Waals surface area contributed by atoms with E-state index in [0.717, 1.165) is 37.2 Å². The molecule has 34 heavy (non-hydrogen) atoms. The first-order valence-electron chi connectivity index (χ1n) is 11.7. The van der Waals surface area contributed by atoms with Gasteiger partial charge in [0.15, 0.2) is 5.75 Å². The van der Waals surface area contributed by atoms with E-state index < -0.39 is 12.1 Å². The number of likely N-dealkylation sites (tertiary alicyclic amines) is 1. The zero-order valence-corrected chi connectivity index (χ0v) is 20.2. The Morgan fingerprint density at radius 3 is 2.59 bits per heavy atom. The molecule has 1 aromatic rings. The number of carbonyl (C=O) groups excluding carboxylic acids is 3. The number of ether oxygens (including phenoxy) is 4. The van der Waals surface area contributed by atoms with Crippen LogP contribution in [0.2, 0.25) is 0 Å². The van der Waals surface area contributed by atoms with Crippen LogP contribution in [0.5, 0.6) is 11.5 Å². The summed E-state index contributed by atoms with van der Waals surface area (Å²) in [5, 5.41) is 0. The maximum atomic E-state index is 12.3. The number of benzene rings is 1. The first kappa shape index (κ1) is 25.6. The van der Waals surface area contributed by atoms with Crippen LogP contribution in [0, 0.1) is 6.92 Å². The van der Waals surface area contributed by atoms with E-state index in [1.54, 1.807) is 0 Å². The second-order valence-corrected chi connectivity index (χ2v) is 8.69. The number of allylic oxidation sites excluding steroid dienone is 2. The first-order valence-corrected chi connectivity index (χ1v) is 11.7. The highest BCUT2D eigenvalue weighted by atomic mass is 16.6. The number of rotatable bonds is 11. The second kappa shape index (κ2) is 11.9. The van der Waals surface area contributed by atoms with E-state index in [1.807, 2.05) is 19.9 Å². The van der Waals surface area contributed by atoms with Crippen molar-refractivity contribution < 1.29 is 33.3 Å². The monoisotopic (exact) mass is 474 g/mol. The molecule has 1 aromatic carbocycles. The predicted molar refractivity (Wildman–Crippen MR) is 125 cm³/mol. The number of primary amides is 1. The van der Waals surface area contributed by atoms with Crippen LogP contribution in [0.4, 0.5) is 4.79 Å². The molecule has 2 aliphatic heterocycles. The van der Waals surface area contributed by atoms with Crippen molar-refractivity contribution in [2.24, 2.45) is 5.73 Å². The van der Waals surface area contributed by atoms with Crippen molar-refractivity contribution >= 4 is 18.0 Å². The number of nitrogens with zero attached hydrogens (tertiary/aromatic N) is 1. The molecule has 0 aromatic heterocycles. The molecular formula is C25H34N2O7. The van der Waals surface area contributed by atoms with Crippen LogP contribution in [0.25, 0.3) is 0 Å². The minimum Gasteiger partial charge on any atom is -0.496 e. The van der Waals surface area contributed by atoms with Crippen LogP contribution in [0.1, 0.15) is 66.1 Å². The lowest BCUT2D eigenvalue weighted by molar-refractivity contribution is -0.143.